The summed E-state index contributed by atoms with van der Waals surface area (Å²) in [6.07, 6.45) is 4.40. The van der Waals surface area contributed by atoms with Gasteiger partial charge in [-0.15, -0.1) is 0 Å². The molecule has 1 aromatic carbocycles. The van der Waals surface area contributed by atoms with Crippen LogP contribution in [0.15, 0.2) is 34.9 Å². The molecule has 92 valence electrons. The Morgan fingerprint density at radius 2 is 2.17 bits per heavy atom. The highest BCUT2D eigenvalue weighted by atomic mass is 79.9. The second-order valence-electron chi connectivity index (χ2n) is 4.53. The van der Waals surface area contributed by atoms with Crippen LogP contribution in [-0.4, -0.2) is 15.6 Å². The summed E-state index contributed by atoms with van der Waals surface area (Å²) in [7, 11) is 0. The lowest BCUT2D eigenvalue weighted by Gasteiger charge is -2.08. The van der Waals surface area contributed by atoms with Gasteiger partial charge in [0, 0.05) is 22.2 Å². The molecule has 5 heteroatoms. The van der Waals surface area contributed by atoms with E-state index in [1.165, 1.54) is 12.8 Å². The molecule has 1 aromatic heterocycles. The third-order valence-electron chi connectivity index (χ3n) is 3.10. The molecule has 3 rings (SSSR count). The van der Waals surface area contributed by atoms with E-state index in [0.717, 1.165) is 15.9 Å². The molecule has 0 amide bonds. The molecule has 18 heavy (non-hydrogen) atoms. The third kappa shape index (κ3) is 2.06. The maximum absolute atomic E-state index is 7.64. The number of aromatic nitrogens is 2. The average Bonchev–Trinajstić information content (AvgIpc) is 3.08. The Bertz CT molecular complexity index is 613. The van der Waals surface area contributed by atoms with Crippen molar-refractivity contribution in [2.24, 2.45) is 5.73 Å². The number of hydrogen-bond acceptors (Lipinski definition) is 2. The minimum Gasteiger partial charge on any atom is -0.384 e. The van der Waals surface area contributed by atoms with E-state index in [0.29, 0.717) is 11.5 Å². The summed E-state index contributed by atoms with van der Waals surface area (Å²) < 4.78 is 2.71. The first kappa shape index (κ1) is 11.5. The average molecular weight is 305 g/mol. The number of amidine groups is 1. The number of nitrogens with two attached hydrogens (primary N) is 1. The maximum atomic E-state index is 7.64. The van der Waals surface area contributed by atoms with Crippen molar-refractivity contribution in [2.75, 3.05) is 0 Å². The Morgan fingerprint density at radius 1 is 1.39 bits per heavy atom. The predicted molar refractivity (Wildman–Crippen MR) is 74.3 cm³/mol. The lowest BCUT2D eigenvalue weighted by molar-refractivity contribution is 0.835. The van der Waals surface area contributed by atoms with Gasteiger partial charge in [-0.05, 0) is 37.1 Å². The van der Waals surface area contributed by atoms with Crippen LogP contribution in [0.1, 0.15) is 30.0 Å². The molecule has 2 aromatic rings. The van der Waals surface area contributed by atoms with Crippen LogP contribution in [0.4, 0.5) is 0 Å². The van der Waals surface area contributed by atoms with Crippen LogP contribution in [-0.2, 0) is 0 Å². The largest absolute Gasteiger partial charge is 0.384 e. The fourth-order valence-corrected chi connectivity index (χ4v) is 2.35. The van der Waals surface area contributed by atoms with E-state index in [4.69, 9.17) is 11.1 Å². The van der Waals surface area contributed by atoms with Crippen LogP contribution in [0, 0.1) is 5.41 Å². The molecule has 0 unspecified atom stereocenters. The van der Waals surface area contributed by atoms with Crippen molar-refractivity contribution in [3.63, 3.8) is 0 Å². The summed E-state index contributed by atoms with van der Waals surface area (Å²) in [5.41, 5.74) is 8.29. The van der Waals surface area contributed by atoms with Gasteiger partial charge in [-0.2, -0.15) is 5.10 Å². The van der Waals surface area contributed by atoms with Gasteiger partial charge in [-0.1, -0.05) is 15.9 Å². The summed E-state index contributed by atoms with van der Waals surface area (Å²) in [6, 6.07) is 7.74. The number of nitrogens with one attached hydrogen (secondary N) is 1. The number of rotatable bonds is 3. The second kappa shape index (κ2) is 4.24. The quantitative estimate of drug-likeness (QED) is 0.676. The minimum atomic E-state index is 0.0507. The summed E-state index contributed by atoms with van der Waals surface area (Å²) in [5, 5.41) is 12.2. The summed E-state index contributed by atoms with van der Waals surface area (Å²) >= 11 is 3.39. The molecule has 0 aliphatic heterocycles. The lowest BCUT2D eigenvalue weighted by atomic mass is 10.1. The highest BCUT2D eigenvalue weighted by Gasteiger charge is 2.26. The molecule has 0 radical (unpaired) electrons. The Labute approximate surface area is 113 Å². The van der Waals surface area contributed by atoms with Crippen molar-refractivity contribution in [2.45, 2.75) is 18.8 Å². The molecule has 4 nitrogen and oxygen atoms in total. The zero-order valence-corrected chi connectivity index (χ0v) is 11.3. The number of nitrogens with zero attached hydrogens (tertiary/aromatic N) is 2. The van der Waals surface area contributed by atoms with E-state index in [9.17, 15) is 0 Å². The molecule has 0 bridgehead atoms. The number of hydrogen-bond donors (Lipinski definition) is 2. The SMILES string of the molecule is N=C(N)c1cc(Br)ccc1-n1ccc(C2CC2)n1. The van der Waals surface area contributed by atoms with Crippen molar-refractivity contribution in [3.8, 4) is 5.69 Å². The zero-order valence-electron chi connectivity index (χ0n) is 9.73. The first-order chi connectivity index (χ1) is 8.65. The molecule has 1 aliphatic carbocycles. The van der Waals surface area contributed by atoms with Crippen LogP contribution in [0.25, 0.3) is 5.69 Å². The number of nitrogen functional groups attached to an aromatic ring is 1. The molecule has 0 spiro atoms. The third-order valence-corrected chi connectivity index (χ3v) is 3.59. The Balaban J connectivity index is 2.06. The summed E-state index contributed by atoms with van der Waals surface area (Å²) in [5.74, 6) is 0.678. The van der Waals surface area contributed by atoms with Gasteiger partial charge < -0.3 is 5.73 Å². The second-order valence-corrected chi connectivity index (χ2v) is 5.45. The monoisotopic (exact) mass is 304 g/mol. The van der Waals surface area contributed by atoms with Gasteiger partial charge in [0.1, 0.15) is 5.84 Å². The van der Waals surface area contributed by atoms with Crippen molar-refractivity contribution in [1.29, 1.82) is 5.41 Å². The van der Waals surface area contributed by atoms with E-state index in [1.54, 1.807) is 4.68 Å². The maximum Gasteiger partial charge on any atom is 0.125 e. The van der Waals surface area contributed by atoms with Gasteiger partial charge in [0.25, 0.3) is 0 Å². The Hall–Kier alpha value is -1.62. The fraction of sp³-hybridized carbons (Fsp3) is 0.231. The molecule has 0 saturated heterocycles. The van der Waals surface area contributed by atoms with Gasteiger partial charge in [-0.25, -0.2) is 4.68 Å². The van der Waals surface area contributed by atoms with E-state index in [1.807, 2.05) is 30.5 Å². The molecule has 1 saturated carbocycles. The van der Waals surface area contributed by atoms with Crippen molar-refractivity contribution >= 4 is 21.8 Å². The molecule has 3 N–H and O–H groups in total. The molecule has 0 atom stereocenters. The van der Waals surface area contributed by atoms with Crippen molar-refractivity contribution in [1.82, 2.24) is 9.78 Å². The number of halogens is 1. The van der Waals surface area contributed by atoms with Gasteiger partial charge >= 0.3 is 0 Å². The topological polar surface area (TPSA) is 67.7 Å². The zero-order chi connectivity index (χ0) is 12.7. The minimum absolute atomic E-state index is 0.0507. The lowest BCUT2D eigenvalue weighted by Crippen LogP contribution is -2.15. The van der Waals surface area contributed by atoms with Crippen molar-refractivity contribution < 1.29 is 0 Å². The van der Waals surface area contributed by atoms with Crippen molar-refractivity contribution in [3.05, 3.63) is 46.2 Å². The van der Waals surface area contributed by atoms with Crippen LogP contribution >= 0.6 is 15.9 Å². The highest BCUT2D eigenvalue weighted by Crippen LogP contribution is 2.39. The number of benzene rings is 1. The van der Waals surface area contributed by atoms with E-state index in [-0.39, 0.29) is 5.84 Å². The van der Waals surface area contributed by atoms with Crippen LogP contribution in [0.2, 0.25) is 0 Å². The molecular weight excluding hydrogens is 292 g/mol. The van der Waals surface area contributed by atoms with Crippen LogP contribution in [0.5, 0.6) is 0 Å². The Morgan fingerprint density at radius 3 is 2.83 bits per heavy atom. The standard InChI is InChI=1S/C13H13BrN4/c14-9-3-4-12(10(7-9)13(15)16)18-6-5-11(17-18)8-1-2-8/h3-8H,1-2H2,(H3,15,16). The van der Waals surface area contributed by atoms with Gasteiger partial charge in [0.15, 0.2) is 0 Å². The van der Waals surface area contributed by atoms with Crippen LogP contribution < -0.4 is 5.73 Å². The van der Waals surface area contributed by atoms with Gasteiger partial charge in [0.2, 0.25) is 0 Å². The smallest absolute Gasteiger partial charge is 0.125 e. The van der Waals surface area contributed by atoms with E-state index in [2.05, 4.69) is 21.0 Å². The summed E-state index contributed by atoms with van der Waals surface area (Å²) in [6.45, 7) is 0. The van der Waals surface area contributed by atoms with E-state index >= 15 is 0 Å². The van der Waals surface area contributed by atoms with Gasteiger partial charge in [-0.3, -0.25) is 5.41 Å². The molecular formula is C13H13BrN4. The fourth-order valence-electron chi connectivity index (χ4n) is 1.99. The molecule has 1 aliphatic rings. The van der Waals surface area contributed by atoms with Crippen LogP contribution in [0.3, 0.4) is 0 Å². The highest BCUT2D eigenvalue weighted by molar-refractivity contribution is 9.10. The van der Waals surface area contributed by atoms with Gasteiger partial charge in [0.05, 0.1) is 11.4 Å². The predicted octanol–water partition coefficient (Wildman–Crippen LogP) is 2.80. The summed E-state index contributed by atoms with van der Waals surface area (Å²) in [4.78, 5) is 0. The first-order valence-corrected chi connectivity index (χ1v) is 6.64. The molecule has 1 heterocycles. The van der Waals surface area contributed by atoms with E-state index < -0.39 is 0 Å². The normalized spacial score (nSPS) is 14.7. The first-order valence-electron chi connectivity index (χ1n) is 5.85. The molecule has 1 fully saturated rings. The Kier molecular flexibility index (Phi) is 2.70.